The summed E-state index contributed by atoms with van der Waals surface area (Å²) in [5.74, 6) is -1.59. The Morgan fingerprint density at radius 3 is 2.32 bits per heavy atom. The number of nitrogens with zero attached hydrogens (tertiary/aromatic N) is 2. The van der Waals surface area contributed by atoms with Crippen LogP contribution in [-0.4, -0.2) is 22.9 Å². The van der Waals surface area contributed by atoms with Crippen LogP contribution in [0.15, 0.2) is 59.4 Å². The second-order valence-corrected chi connectivity index (χ2v) is 5.71. The number of methoxy groups -OCH3 is 1. The highest BCUT2D eigenvalue weighted by Gasteiger charge is 2.30. The molecule has 0 spiro atoms. The minimum atomic E-state index is -4.51. The maximum atomic E-state index is 13.5. The number of alkyl halides is 3. The Morgan fingerprint density at radius 2 is 1.75 bits per heavy atom. The molecule has 0 fully saturated rings. The Hall–Kier alpha value is -3.49. The van der Waals surface area contributed by atoms with Gasteiger partial charge in [-0.3, -0.25) is 4.79 Å². The molecule has 0 atom stereocenters. The monoisotopic (exact) mass is 392 g/mol. The van der Waals surface area contributed by atoms with E-state index >= 15 is 0 Å². The van der Waals surface area contributed by atoms with Crippen molar-refractivity contribution in [2.45, 2.75) is 6.18 Å². The van der Waals surface area contributed by atoms with E-state index in [-0.39, 0.29) is 16.9 Å². The Morgan fingerprint density at radius 1 is 1.07 bits per heavy atom. The van der Waals surface area contributed by atoms with Crippen LogP contribution in [0.4, 0.5) is 17.6 Å². The van der Waals surface area contributed by atoms with E-state index < -0.39 is 34.6 Å². The van der Waals surface area contributed by atoms with Crippen molar-refractivity contribution < 1.29 is 27.1 Å². The molecule has 3 aromatic rings. The zero-order valence-corrected chi connectivity index (χ0v) is 14.3. The van der Waals surface area contributed by atoms with Gasteiger partial charge in [-0.2, -0.15) is 23.0 Å². The number of esters is 1. The summed E-state index contributed by atoms with van der Waals surface area (Å²) >= 11 is 0. The SMILES string of the molecule is COC(=O)c1cc(-c2ccc(C(F)(F)F)cc2)nn(-c2cccc(F)c2)c1=O. The molecule has 0 saturated heterocycles. The zero-order chi connectivity index (χ0) is 20.5. The number of rotatable bonds is 3. The van der Waals surface area contributed by atoms with Gasteiger partial charge in [0.25, 0.3) is 5.56 Å². The third kappa shape index (κ3) is 3.78. The number of hydrogen-bond acceptors (Lipinski definition) is 4. The Balaban J connectivity index is 2.20. The number of benzene rings is 2. The van der Waals surface area contributed by atoms with Gasteiger partial charge in [-0.1, -0.05) is 18.2 Å². The van der Waals surface area contributed by atoms with Crippen molar-refractivity contribution in [1.82, 2.24) is 9.78 Å². The Kier molecular flexibility index (Phi) is 5.00. The molecule has 0 aliphatic rings. The van der Waals surface area contributed by atoms with Crippen molar-refractivity contribution in [3.63, 3.8) is 0 Å². The Bertz CT molecular complexity index is 1090. The number of ether oxygens (including phenoxy) is 1. The fourth-order valence-electron chi connectivity index (χ4n) is 2.50. The molecule has 0 amide bonds. The van der Waals surface area contributed by atoms with Crippen LogP contribution in [0.2, 0.25) is 0 Å². The fourth-order valence-corrected chi connectivity index (χ4v) is 2.50. The van der Waals surface area contributed by atoms with Crippen LogP contribution >= 0.6 is 0 Å². The van der Waals surface area contributed by atoms with E-state index in [1.807, 2.05) is 0 Å². The highest BCUT2D eigenvalue weighted by molar-refractivity contribution is 5.90. The van der Waals surface area contributed by atoms with Crippen molar-refractivity contribution >= 4 is 5.97 Å². The first-order valence-electron chi connectivity index (χ1n) is 7.87. The lowest BCUT2D eigenvalue weighted by Crippen LogP contribution is -2.28. The van der Waals surface area contributed by atoms with Gasteiger partial charge in [0.2, 0.25) is 0 Å². The van der Waals surface area contributed by atoms with E-state index in [1.54, 1.807) is 0 Å². The van der Waals surface area contributed by atoms with Crippen molar-refractivity contribution in [2.75, 3.05) is 7.11 Å². The summed E-state index contributed by atoms with van der Waals surface area (Å²) in [7, 11) is 1.08. The molecule has 0 unspecified atom stereocenters. The topological polar surface area (TPSA) is 61.2 Å². The van der Waals surface area contributed by atoms with Crippen LogP contribution in [0.5, 0.6) is 0 Å². The fraction of sp³-hybridized carbons (Fsp3) is 0.105. The molecule has 0 radical (unpaired) electrons. The summed E-state index contributed by atoms with van der Waals surface area (Å²) < 4.78 is 57.2. The first-order valence-corrected chi connectivity index (χ1v) is 7.87. The number of hydrogen-bond donors (Lipinski definition) is 0. The summed E-state index contributed by atoms with van der Waals surface area (Å²) in [5.41, 5.74) is -1.79. The largest absolute Gasteiger partial charge is 0.465 e. The van der Waals surface area contributed by atoms with Gasteiger partial charge in [0.05, 0.1) is 24.1 Å². The first kappa shape index (κ1) is 19.3. The van der Waals surface area contributed by atoms with Crippen LogP contribution < -0.4 is 5.56 Å². The Labute approximate surface area is 155 Å². The van der Waals surface area contributed by atoms with Gasteiger partial charge in [-0.05, 0) is 36.4 Å². The minimum Gasteiger partial charge on any atom is -0.465 e. The number of carbonyl (C=O) groups excluding carboxylic acids is 1. The molecule has 0 N–H and O–H groups in total. The summed E-state index contributed by atoms with van der Waals surface area (Å²) in [6.07, 6.45) is -4.51. The van der Waals surface area contributed by atoms with Crippen LogP contribution in [0.3, 0.4) is 0 Å². The molecule has 3 rings (SSSR count). The second-order valence-electron chi connectivity index (χ2n) is 5.71. The van der Waals surface area contributed by atoms with E-state index in [4.69, 9.17) is 0 Å². The number of aromatic nitrogens is 2. The lowest BCUT2D eigenvalue weighted by Gasteiger charge is -2.11. The molecule has 5 nitrogen and oxygen atoms in total. The van der Waals surface area contributed by atoms with Crippen molar-refractivity contribution in [2.24, 2.45) is 0 Å². The summed E-state index contributed by atoms with van der Waals surface area (Å²) in [6, 6.07) is 10.1. The first-order chi connectivity index (χ1) is 13.2. The van der Waals surface area contributed by atoms with E-state index in [9.17, 15) is 27.2 Å². The molecule has 1 heterocycles. The summed E-state index contributed by atoms with van der Waals surface area (Å²) in [6.45, 7) is 0. The van der Waals surface area contributed by atoms with Crippen molar-refractivity contribution in [3.05, 3.63) is 81.9 Å². The van der Waals surface area contributed by atoms with Gasteiger partial charge in [0, 0.05) is 5.56 Å². The molecule has 144 valence electrons. The lowest BCUT2D eigenvalue weighted by molar-refractivity contribution is -0.137. The van der Waals surface area contributed by atoms with Gasteiger partial charge < -0.3 is 4.74 Å². The summed E-state index contributed by atoms with van der Waals surface area (Å²) in [4.78, 5) is 24.5. The molecule has 0 aliphatic carbocycles. The van der Waals surface area contributed by atoms with E-state index in [0.29, 0.717) is 0 Å². The molecule has 0 saturated carbocycles. The van der Waals surface area contributed by atoms with Crippen LogP contribution in [0.1, 0.15) is 15.9 Å². The van der Waals surface area contributed by atoms with Crippen molar-refractivity contribution in [1.29, 1.82) is 0 Å². The standard InChI is InChI=1S/C19H12F4N2O3/c1-28-18(27)15-10-16(11-5-7-12(8-6-11)19(21,22)23)24-25(17(15)26)14-4-2-3-13(20)9-14/h2-10H,1H3. The number of halogens is 4. The molecular weight excluding hydrogens is 380 g/mol. The third-order valence-electron chi connectivity index (χ3n) is 3.88. The van der Waals surface area contributed by atoms with Gasteiger partial charge in [-0.15, -0.1) is 0 Å². The molecule has 0 aliphatic heterocycles. The molecular formula is C19H12F4N2O3. The van der Waals surface area contributed by atoms with Gasteiger partial charge >= 0.3 is 12.1 Å². The maximum Gasteiger partial charge on any atom is 0.416 e. The van der Waals surface area contributed by atoms with Crippen LogP contribution in [0, 0.1) is 5.82 Å². The molecule has 2 aromatic carbocycles. The van der Waals surface area contributed by atoms with Gasteiger partial charge in [0.1, 0.15) is 11.4 Å². The van der Waals surface area contributed by atoms with E-state index in [1.165, 1.54) is 12.1 Å². The average Bonchev–Trinajstić information content (AvgIpc) is 2.67. The highest BCUT2D eigenvalue weighted by Crippen LogP contribution is 2.30. The highest BCUT2D eigenvalue weighted by atomic mass is 19.4. The average molecular weight is 392 g/mol. The van der Waals surface area contributed by atoms with Gasteiger partial charge in [0.15, 0.2) is 0 Å². The number of carbonyl (C=O) groups is 1. The predicted molar refractivity (Wildman–Crippen MR) is 91.6 cm³/mol. The normalized spacial score (nSPS) is 11.3. The third-order valence-corrected chi connectivity index (χ3v) is 3.88. The second kappa shape index (κ2) is 7.26. The molecule has 28 heavy (non-hydrogen) atoms. The van der Waals surface area contributed by atoms with Crippen LogP contribution in [0.25, 0.3) is 16.9 Å². The lowest BCUT2D eigenvalue weighted by atomic mass is 10.1. The zero-order valence-electron chi connectivity index (χ0n) is 14.3. The molecule has 0 bridgehead atoms. The van der Waals surface area contributed by atoms with Crippen LogP contribution in [-0.2, 0) is 10.9 Å². The smallest absolute Gasteiger partial charge is 0.416 e. The predicted octanol–water partition coefficient (Wildman–Crippen LogP) is 3.84. The van der Waals surface area contributed by atoms with E-state index in [0.717, 1.165) is 54.3 Å². The minimum absolute atomic E-state index is 0.0398. The molecule has 1 aromatic heterocycles. The molecule has 9 heteroatoms. The van der Waals surface area contributed by atoms with Gasteiger partial charge in [-0.25, -0.2) is 9.18 Å². The quantitative estimate of drug-likeness (QED) is 0.502. The summed E-state index contributed by atoms with van der Waals surface area (Å²) in [5, 5.41) is 4.07. The maximum absolute atomic E-state index is 13.5. The van der Waals surface area contributed by atoms with E-state index in [2.05, 4.69) is 9.84 Å². The van der Waals surface area contributed by atoms with Crippen molar-refractivity contribution in [3.8, 4) is 16.9 Å².